The third-order valence-corrected chi connectivity index (χ3v) is 5.77. The van der Waals surface area contributed by atoms with Crippen molar-refractivity contribution in [2.45, 2.75) is 39.2 Å². The summed E-state index contributed by atoms with van der Waals surface area (Å²) in [7, 11) is 0. The van der Waals surface area contributed by atoms with Crippen LogP contribution in [-0.4, -0.2) is 54.6 Å². The maximum atomic E-state index is 12.4. The van der Waals surface area contributed by atoms with Crippen molar-refractivity contribution >= 4 is 11.9 Å². The molecule has 0 bridgehead atoms. The van der Waals surface area contributed by atoms with Crippen LogP contribution in [0.3, 0.4) is 0 Å². The van der Waals surface area contributed by atoms with Crippen molar-refractivity contribution in [3.8, 4) is 0 Å². The Balaban J connectivity index is 1.43. The van der Waals surface area contributed by atoms with Gasteiger partial charge >= 0.3 is 0 Å². The van der Waals surface area contributed by atoms with Crippen LogP contribution >= 0.6 is 0 Å². The summed E-state index contributed by atoms with van der Waals surface area (Å²) in [4.78, 5) is 24.6. The van der Waals surface area contributed by atoms with E-state index in [1.165, 1.54) is 17.7 Å². The first-order chi connectivity index (χ1) is 11.6. The number of aromatic nitrogens is 2. The predicted octanol–water partition coefficient (Wildman–Crippen LogP) is 0.122. The highest BCUT2D eigenvalue weighted by Crippen LogP contribution is 2.29. The Kier molecular flexibility index (Phi) is 5.66. The molecule has 1 aliphatic heterocycles. The Hall–Kier alpha value is -1.69. The van der Waals surface area contributed by atoms with E-state index in [-0.39, 0.29) is 5.91 Å². The Labute approximate surface area is 144 Å². The molecule has 1 saturated heterocycles. The summed E-state index contributed by atoms with van der Waals surface area (Å²) in [5.41, 5.74) is 0. The number of amides is 1. The summed E-state index contributed by atoms with van der Waals surface area (Å²) in [5, 5.41) is 3.29. The summed E-state index contributed by atoms with van der Waals surface area (Å²) in [5.74, 6) is 2.31. The molecular formula is C18H30N5O+. The number of piperazine rings is 1. The minimum absolute atomic E-state index is 0.209. The third-order valence-electron chi connectivity index (χ3n) is 5.77. The average Bonchev–Trinajstić information content (AvgIpc) is 2.60. The first-order valence-electron chi connectivity index (χ1n) is 9.28. The smallest absolute Gasteiger partial charge is 0.275 e. The molecule has 0 radical (unpaired) electrons. The lowest BCUT2D eigenvalue weighted by molar-refractivity contribution is -0.892. The molecule has 1 amide bonds. The van der Waals surface area contributed by atoms with Crippen LogP contribution in [0.1, 0.15) is 33.1 Å². The first-order valence-corrected chi connectivity index (χ1v) is 9.28. The van der Waals surface area contributed by atoms with E-state index in [9.17, 15) is 4.79 Å². The summed E-state index contributed by atoms with van der Waals surface area (Å²) >= 11 is 0. The molecule has 0 spiro atoms. The highest BCUT2D eigenvalue weighted by molar-refractivity contribution is 5.77. The standard InChI is InChI=1S/C18H29N5O/c1-14-5-3-6-16(15(14)2)21-17(24)13-22-9-11-23(12-10-22)18-19-7-4-8-20-18/h4,7-8,14-16H,3,5-6,9-13H2,1-2H3,(H,21,24)/p+1/t14-,15+,16-/m0/s1. The molecule has 3 atom stereocenters. The molecule has 0 aromatic carbocycles. The van der Waals surface area contributed by atoms with Gasteiger partial charge in [-0.15, -0.1) is 0 Å². The Morgan fingerprint density at radius 1 is 1.25 bits per heavy atom. The van der Waals surface area contributed by atoms with Gasteiger partial charge in [-0.05, 0) is 24.3 Å². The van der Waals surface area contributed by atoms with Gasteiger partial charge in [-0.3, -0.25) is 4.79 Å². The quantitative estimate of drug-likeness (QED) is 0.822. The van der Waals surface area contributed by atoms with Crippen molar-refractivity contribution in [1.82, 2.24) is 15.3 Å². The number of nitrogens with zero attached hydrogens (tertiary/aromatic N) is 3. The van der Waals surface area contributed by atoms with Crippen LogP contribution in [0.2, 0.25) is 0 Å². The van der Waals surface area contributed by atoms with Crippen LogP contribution < -0.4 is 15.1 Å². The van der Waals surface area contributed by atoms with Gasteiger partial charge in [0.1, 0.15) is 0 Å². The van der Waals surface area contributed by atoms with Crippen LogP contribution in [0.25, 0.3) is 0 Å². The predicted molar refractivity (Wildman–Crippen MR) is 93.9 cm³/mol. The lowest BCUT2D eigenvalue weighted by Gasteiger charge is -2.35. The zero-order valence-corrected chi connectivity index (χ0v) is 14.9. The van der Waals surface area contributed by atoms with Crippen LogP contribution in [0.15, 0.2) is 18.5 Å². The molecule has 1 saturated carbocycles. The fourth-order valence-corrected chi connectivity index (χ4v) is 3.92. The number of quaternary nitrogens is 1. The maximum Gasteiger partial charge on any atom is 0.275 e. The second kappa shape index (κ2) is 7.92. The van der Waals surface area contributed by atoms with Crippen LogP contribution in [0, 0.1) is 11.8 Å². The number of anilines is 1. The van der Waals surface area contributed by atoms with Crippen molar-refractivity contribution in [2.24, 2.45) is 11.8 Å². The molecule has 1 aromatic rings. The molecule has 2 N–H and O–H groups in total. The fraction of sp³-hybridized carbons (Fsp3) is 0.722. The number of rotatable bonds is 4. The van der Waals surface area contributed by atoms with Crippen molar-refractivity contribution in [3.05, 3.63) is 18.5 Å². The van der Waals surface area contributed by atoms with Crippen LogP contribution in [-0.2, 0) is 4.79 Å². The largest absolute Gasteiger partial charge is 0.348 e. The number of carbonyl (C=O) groups is 1. The van der Waals surface area contributed by atoms with E-state index in [0.717, 1.165) is 38.5 Å². The number of hydrogen-bond acceptors (Lipinski definition) is 4. The van der Waals surface area contributed by atoms with Crippen LogP contribution in [0.5, 0.6) is 0 Å². The van der Waals surface area contributed by atoms with Crippen molar-refractivity contribution in [2.75, 3.05) is 37.6 Å². The molecule has 3 rings (SSSR count). The SMILES string of the molecule is C[C@H]1[C@@H](NC(=O)C[NH+]2CCN(c3ncccn3)CC2)CCC[C@@H]1C. The first kappa shape index (κ1) is 17.1. The number of nitrogens with one attached hydrogen (secondary N) is 2. The Morgan fingerprint density at radius 3 is 2.67 bits per heavy atom. The molecule has 2 aliphatic rings. The van der Waals surface area contributed by atoms with E-state index in [0.29, 0.717) is 24.4 Å². The second-order valence-electron chi connectivity index (χ2n) is 7.40. The molecule has 24 heavy (non-hydrogen) atoms. The molecule has 6 heteroatoms. The maximum absolute atomic E-state index is 12.4. The summed E-state index contributed by atoms with van der Waals surface area (Å²) in [6.07, 6.45) is 7.22. The highest BCUT2D eigenvalue weighted by atomic mass is 16.2. The van der Waals surface area contributed by atoms with Crippen molar-refractivity contribution in [3.63, 3.8) is 0 Å². The fourth-order valence-electron chi connectivity index (χ4n) is 3.92. The number of carbonyl (C=O) groups excluding carboxylic acids is 1. The van der Waals surface area contributed by atoms with E-state index in [4.69, 9.17) is 0 Å². The monoisotopic (exact) mass is 332 g/mol. The van der Waals surface area contributed by atoms with Gasteiger partial charge in [0.15, 0.2) is 6.54 Å². The average molecular weight is 332 g/mol. The zero-order valence-electron chi connectivity index (χ0n) is 14.9. The number of hydrogen-bond donors (Lipinski definition) is 2. The second-order valence-corrected chi connectivity index (χ2v) is 7.40. The topological polar surface area (TPSA) is 62.6 Å². The van der Waals surface area contributed by atoms with E-state index < -0.39 is 0 Å². The molecule has 1 aliphatic carbocycles. The lowest BCUT2D eigenvalue weighted by atomic mass is 9.78. The molecule has 2 heterocycles. The molecule has 2 fully saturated rings. The van der Waals surface area contributed by atoms with Gasteiger partial charge in [0, 0.05) is 18.4 Å². The molecule has 6 nitrogen and oxygen atoms in total. The van der Waals surface area contributed by atoms with Gasteiger partial charge < -0.3 is 15.1 Å². The van der Waals surface area contributed by atoms with Crippen molar-refractivity contribution in [1.29, 1.82) is 0 Å². The molecule has 1 aromatic heterocycles. The summed E-state index contributed by atoms with van der Waals surface area (Å²) in [6, 6.07) is 2.20. The van der Waals surface area contributed by atoms with Gasteiger partial charge in [-0.1, -0.05) is 26.7 Å². The van der Waals surface area contributed by atoms with Gasteiger partial charge in [-0.25, -0.2) is 9.97 Å². The minimum Gasteiger partial charge on any atom is -0.348 e. The van der Waals surface area contributed by atoms with Crippen LogP contribution in [0.4, 0.5) is 5.95 Å². The Morgan fingerprint density at radius 2 is 1.96 bits per heavy atom. The Bertz CT molecular complexity index is 529. The van der Waals surface area contributed by atoms with Gasteiger partial charge in [0.25, 0.3) is 5.91 Å². The normalized spacial score (nSPS) is 28.6. The summed E-state index contributed by atoms with van der Waals surface area (Å²) < 4.78 is 0. The van der Waals surface area contributed by atoms with E-state index in [1.54, 1.807) is 12.4 Å². The van der Waals surface area contributed by atoms with Crippen molar-refractivity contribution < 1.29 is 9.69 Å². The molecular weight excluding hydrogens is 302 g/mol. The van der Waals surface area contributed by atoms with Gasteiger partial charge in [0.05, 0.1) is 26.2 Å². The third kappa shape index (κ3) is 4.23. The zero-order chi connectivity index (χ0) is 16.9. The van der Waals surface area contributed by atoms with E-state index in [1.807, 2.05) is 6.07 Å². The molecule has 0 unspecified atom stereocenters. The van der Waals surface area contributed by atoms with E-state index in [2.05, 4.69) is 34.0 Å². The lowest BCUT2D eigenvalue weighted by Crippen LogP contribution is -3.16. The highest BCUT2D eigenvalue weighted by Gasteiger charge is 2.30. The van der Waals surface area contributed by atoms with Gasteiger partial charge in [-0.2, -0.15) is 0 Å². The minimum atomic E-state index is 0.209. The summed E-state index contributed by atoms with van der Waals surface area (Å²) in [6.45, 7) is 8.90. The van der Waals surface area contributed by atoms with E-state index >= 15 is 0 Å². The molecule has 132 valence electrons. The van der Waals surface area contributed by atoms with Gasteiger partial charge in [0.2, 0.25) is 5.95 Å².